The first-order valence-electron chi connectivity index (χ1n) is 12.4. The van der Waals surface area contributed by atoms with Crippen molar-refractivity contribution in [2.75, 3.05) is 0 Å². The molecule has 0 bridgehead atoms. The third kappa shape index (κ3) is 5.19. The highest BCUT2D eigenvalue weighted by molar-refractivity contribution is 7.90. The van der Waals surface area contributed by atoms with Crippen LogP contribution in [0.3, 0.4) is 0 Å². The molecule has 0 saturated heterocycles. The smallest absolute Gasteiger partial charge is 0.283 e. The normalized spacial score (nSPS) is 14.6. The first-order valence-corrected chi connectivity index (χ1v) is 13.8. The van der Waals surface area contributed by atoms with Gasteiger partial charge in [-0.2, -0.15) is 13.0 Å². The van der Waals surface area contributed by atoms with Crippen LogP contribution in [0.2, 0.25) is 0 Å². The Bertz CT molecular complexity index is 1660. The number of aromatic nitrogens is 1. The van der Waals surface area contributed by atoms with Crippen LogP contribution in [0.25, 0.3) is 11.5 Å². The Balaban J connectivity index is 1.51. The van der Waals surface area contributed by atoms with Gasteiger partial charge in [0.15, 0.2) is 18.1 Å². The molecular weight excluding hydrogens is 496 g/mol. The summed E-state index contributed by atoms with van der Waals surface area (Å²) in [6.07, 6.45) is 6.10. The molecule has 0 saturated carbocycles. The van der Waals surface area contributed by atoms with Gasteiger partial charge in [0.05, 0.1) is 4.90 Å². The summed E-state index contributed by atoms with van der Waals surface area (Å²) in [7, 11) is -4.24. The average molecular weight is 523 g/mol. The van der Waals surface area contributed by atoms with E-state index >= 15 is 0 Å². The number of hydrogen-bond donors (Lipinski definition) is 0. The third-order valence-corrected chi connectivity index (χ3v) is 7.82. The molecule has 1 aromatic heterocycles. The molecule has 0 atom stereocenters. The van der Waals surface area contributed by atoms with Crippen molar-refractivity contribution in [3.63, 3.8) is 0 Å². The molecule has 38 heavy (non-hydrogen) atoms. The quantitative estimate of drug-likeness (QED) is 0.341. The van der Waals surface area contributed by atoms with Gasteiger partial charge < -0.3 is 5.11 Å². The summed E-state index contributed by atoms with van der Waals surface area (Å²) in [6.45, 7) is 1.84. The largest absolute Gasteiger partial charge is 0.867 e. The predicted octanol–water partition coefficient (Wildman–Crippen LogP) is 4.17. The monoisotopic (exact) mass is 522 g/mol. The lowest BCUT2D eigenvalue weighted by Crippen LogP contribution is -2.43. The van der Waals surface area contributed by atoms with Crippen LogP contribution in [-0.2, 0) is 22.9 Å². The van der Waals surface area contributed by atoms with E-state index in [1.54, 1.807) is 42.7 Å². The van der Waals surface area contributed by atoms with E-state index in [-0.39, 0.29) is 21.7 Å². The Morgan fingerprint density at radius 1 is 0.763 bits per heavy atom. The van der Waals surface area contributed by atoms with Gasteiger partial charge in [-0.25, -0.2) is 0 Å². The fourth-order valence-corrected chi connectivity index (χ4v) is 5.47. The number of Topliss-reactive ketones (excluding diaryl/α,β-unsaturated/α-hetero) is 1. The summed E-state index contributed by atoms with van der Waals surface area (Å²) in [5.74, 6) is -1.06. The van der Waals surface area contributed by atoms with E-state index in [4.69, 9.17) is 0 Å². The number of fused-ring (bicyclic) bond motifs is 1. The van der Waals surface area contributed by atoms with E-state index in [0.29, 0.717) is 0 Å². The van der Waals surface area contributed by atoms with E-state index in [0.717, 1.165) is 30.4 Å². The molecule has 1 aliphatic carbocycles. The molecule has 6 nitrogen and oxygen atoms in total. The fraction of sp³-hybridized carbons (Fsp3) is 0.129. The van der Waals surface area contributed by atoms with Gasteiger partial charge in [-0.1, -0.05) is 72.3 Å². The van der Waals surface area contributed by atoms with Gasteiger partial charge in [-0.3, -0.25) is 4.79 Å². The fourth-order valence-electron chi connectivity index (χ4n) is 4.47. The third-order valence-electron chi connectivity index (χ3n) is 6.53. The molecule has 0 unspecified atom stereocenters. The van der Waals surface area contributed by atoms with Crippen molar-refractivity contribution in [2.45, 2.75) is 31.1 Å². The Morgan fingerprint density at radius 2 is 1.34 bits per heavy atom. The second kappa shape index (κ2) is 10.6. The number of allylic oxidation sites excluding steroid dienone is 1. The molecule has 0 spiro atoms. The van der Waals surface area contributed by atoms with Gasteiger partial charge >= 0.3 is 0 Å². The molecule has 0 N–H and O–H groups in total. The number of carbonyl (C=O) groups is 1. The van der Waals surface area contributed by atoms with E-state index in [1.165, 1.54) is 28.3 Å². The predicted molar refractivity (Wildman–Crippen MR) is 145 cm³/mol. The maximum absolute atomic E-state index is 13.6. The second-order valence-electron chi connectivity index (χ2n) is 9.23. The molecule has 4 aromatic rings. The highest BCUT2D eigenvalue weighted by atomic mass is 32.2. The summed E-state index contributed by atoms with van der Waals surface area (Å²) >= 11 is 0. The molecule has 1 heterocycles. The van der Waals surface area contributed by atoms with Gasteiger partial charge in [0.2, 0.25) is 11.5 Å². The summed E-state index contributed by atoms with van der Waals surface area (Å²) < 4.78 is 31.7. The first kappa shape index (κ1) is 25.3. The minimum absolute atomic E-state index is 0.0483. The van der Waals surface area contributed by atoms with Crippen LogP contribution < -0.4 is 9.67 Å². The topological polar surface area (TPSA) is 90.5 Å². The summed E-state index contributed by atoms with van der Waals surface area (Å²) in [5, 5.41) is 13.6. The highest BCUT2D eigenvalue weighted by Gasteiger charge is 2.35. The van der Waals surface area contributed by atoms with E-state index < -0.39 is 27.3 Å². The van der Waals surface area contributed by atoms with Crippen LogP contribution in [0.5, 0.6) is 0 Å². The van der Waals surface area contributed by atoms with E-state index in [2.05, 4.69) is 16.5 Å². The number of aryl methyl sites for hydroxylation is 3. The number of pyridine rings is 1. The molecule has 0 radical (unpaired) electrons. The number of benzene rings is 3. The molecule has 3 aromatic carbocycles. The van der Waals surface area contributed by atoms with Crippen molar-refractivity contribution in [3.8, 4) is 0 Å². The highest BCUT2D eigenvalue weighted by Crippen LogP contribution is 2.28. The van der Waals surface area contributed by atoms with Crippen molar-refractivity contribution < 1.29 is 22.9 Å². The molecule has 0 amide bonds. The lowest BCUT2D eigenvalue weighted by Gasteiger charge is -2.23. The van der Waals surface area contributed by atoms with Crippen molar-refractivity contribution in [1.82, 2.24) is 0 Å². The van der Waals surface area contributed by atoms with Crippen molar-refractivity contribution >= 4 is 33.0 Å². The van der Waals surface area contributed by atoms with Crippen LogP contribution in [0, 0.1) is 6.92 Å². The maximum atomic E-state index is 13.6. The van der Waals surface area contributed by atoms with Gasteiger partial charge in [0.1, 0.15) is 0 Å². The number of carbonyl (C=O) groups excluding carboxylic acids is 1. The minimum Gasteiger partial charge on any atom is -0.867 e. The zero-order valence-corrected chi connectivity index (χ0v) is 21.7. The molecule has 1 aliphatic rings. The van der Waals surface area contributed by atoms with Crippen LogP contribution in [0.15, 0.2) is 113 Å². The van der Waals surface area contributed by atoms with Crippen LogP contribution in [0.4, 0.5) is 0 Å². The molecular formula is C31H26N2O4S. The zero-order valence-electron chi connectivity index (χ0n) is 20.9. The number of sulfonamides is 1. The van der Waals surface area contributed by atoms with Gasteiger partial charge in [0.25, 0.3) is 10.0 Å². The van der Waals surface area contributed by atoms with Crippen LogP contribution in [-0.4, -0.2) is 19.9 Å². The summed E-state index contributed by atoms with van der Waals surface area (Å²) in [6, 6.07) is 26.6. The second-order valence-corrected chi connectivity index (χ2v) is 10.8. The standard InChI is InChI=1S/C31H26N2O4S/c1-22-14-16-25(17-15-22)38(36,37)32-28-29(31(35)27-13-6-5-12-26(27)30(28)34)33-20-18-24(19-21-33)11-7-10-23-8-3-2-4-9-23/h2-6,8-9,12-21H,7,10-11H2,1H3. The minimum atomic E-state index is -4.24. The van der Waals surface area contributed by atoms with Crippen molar-refractivity contribution in [2.24, 2.45) is 4.40 Å². The summed E-state index contributed by atoms with van der Waals surface area (Å²) in [5.41, 5.74) is 3.11. The average Bonchev–Trinajstić information content (AvgIpc) is 2.93. The molecule has 5 rings (SSSR count). The number of rotatable bonds is 7. The van der Waals surface area contributed by atoms with Crippen molar-refractivity contribution in [1.29, 1.82) is 0 Å². The van der Waals surface area contributed by atoms with Gasteiger partial charge in [0, 0.05) is 17.7 Å². The van der Waals surface area contributed by atoms with Gasteiger partial charge in [-0.05, 0) is 60.8 Å². The van der Waals surface area contributed by atoms with Crippen LogP contribution in [0.1, 0.15) is 39.0 Å². The Hall–Kier alpha value is -4.36. The lowest BCUT2D eigenvalue weighted by atomic mass is 9.91. The molecule has 0 fully saturated rings. The number of hydrogen-bond acceptors (Lipinski definition) is 4. The Labute approximate surface area is 222 Å². The molecule has 0 aliphatic heterocycles. The summed E-state index contributed by atoms with van der Waals surface area (Å²) in [4.78, 5) is 13.4. The zero-order chi connectivity index (χ0) is 26.7. The van der Waals surface area contributed by atoms with Gasteiger partial charge in [-0.15, -0.1) is 4.40 Å². The molecule has 190 valence electrons. The number of nitrogens with zero attached hydrogens (tertiary/aromatic N) is 2. The maximum Gasteiger partial charge on any atom is 0.283 e. The SMILES string of the molecule is Cc1ccc(S(=O)(=O)/N=C2\C(=O)c3ccccc3C([O-])=C2[n+]2ccc(CCCc3ccccc3)cc2)cc1. The Kier molecular flexibility index (Phi) is 7.03. The van der Waals surface area contributed by atoms with E-state index in [9.17, 15) is 18.3 Å². The van der Waals surface area contributed by atoms with Crippen LogP contribution >= 0.6 is 0 Å². The molecule has 7 heteroatoms. The lowest BCUT2D eigenvalue weighted by molar-refractivity contribution is -0.577. The Morgan fingerprint density at radius 3 is 2.00 bits per heavy atom. The van der Waals surface area contributed by atoms with Crippen molar-refractivity contribution in [3.05, 3.63) is 131 Å². The number of ketones is 1. The van der Waals surface area contributed by atoms with E-state index in [1.807, 2.05) is 37.3 Å². The first-order chi connectivity index (χ1) is 18.3.